The molecular weight excluding hydrogens is 314 g/mol. The Labute approximate surface area is 136 Å². The Morgan fingerprint density at radius 2 is 2.00 bits per heavy atom. The summed E-state index contributed by atoms with van der Waals surface area (Å²) in [6, 6.07) is 14.4. The molecule has 122 valence electrons. The minimum atomic E-state index is -3.41. The zero-order valence-corrected chi connectivity index (χ0v) is 13.7. The lowest BCUT2D eigenvalue weighted by atomic mass is 10.0. The van der Waals surface area contributed by atoms with Crippen LogP contribution in [0.4, 0.5) is 0 Å². The molecule has 2 aromatic rings. The summed E-state index contributed by atoms with van der Waals surface area (Å²) in [6.07, 6.45) is 0.584. The van der Waals surface area contributed by atoms with E-state index in [1.807, 2.05) is 36.4 Å². The summed E-state index contributed by atoms with van der Waals surface area (Å²) in [4.78, 5) is 0. The number of fused-ring (bicyclic) bond motifs is 1. The second kappa shape index (κ2) is 6.60. The predicted octanol–water partition coefficient (Wildman–Crippen LogP) is 2.12. The van der Waals surface area contributed by atoms with E-state index in [4.69, 9.17) is 9.47 Å². The molecule has 6 heteroatoms. The van der Waals surface area contributed by atoms with E-state index in [2.05, 4.69) is 4.72 Å². The third-order valence-corrected chi connectivity index (χ3v) is 5.13. The lowest BCUT2D eigenvalue weighted by Crippen LogP contribution is -2.43. The van der Waals surface area contributed by atoms with Crippen LogP contribution in [0.15, 0.2) is 48.5 Å². The van der Waals surface area contributed by atoms with E-state index in [1.54, 1.807) is 19.2 Å². The first kappa shape index (κ1) is 15.8. The molecule has 0 aliphatic carbocycles. The van der Waals surface area contributed by atoms with E-state index in [1.165, 1.54) is 0 Å². The van der Waals surface area contributed by atoms with E-state index in [0.717, 1.165) is 22.6 Å². The van der Waals surface area contributed by atoms with Gasteiger partial charge in [-0.15, -0.1) is 0 Å². The Morgan fingerprint density at radius 3 is 2.74 bits per heavy atom. The van der Waals surface area contributed by atoms with Crippen LogP contribution in [-0.4, -0.2) is 28.2 Å². The fourth-order valence-corrected chi connectivity index (χ4v) is 4.04. The summed E-state index contributed by atoms with van der Waals surface area (Å²) in [5.41, 5.74) is 1.71. The van der Waals surface area contributed by atoms with Gasteiger partial charge >= 0.3 is 0 Å². The lowest BCUT2D eigenvalue weighted by molar-refractivity contribution is 0.253. The summed E-state index contributed by atoms with van der Waals surface area (Å²) >= 11 is 0. The Bertz CT molecular complexity index is 774. The zero-order chi connectivity index (χ0) is 16.3. The van der Waals surface area contributed by atoms with Crippen molar-refractivity contribution >= 4 is 10.0 Å². The number of hydrogen-bond donors (Lipinski definition) is 1. The fourth-order valence-electron chi connectivity index (χ4n) is 2.66. The van der Waals surface area contributed by atoms with Gasteiger partial charge < -0.3 is 9.47 Å². The van der Waals surface area contributed by atoms with Crippen LogP contribution in [0.1, 0.15) is 11.1 Å². The van der Waals surface area contributed by atoms with Crippen LogP contribution in [0.3, 0.4) is 0 Å². The van der Waals surface area contributed by atoms with Crippen LogP contribution in [0.5, 0.6) is 11.5 Å². The first-order valence-electron chi connectivity index (χ1n) is 7.39. The maximum absolute atomic E-state index is 12.3. The van der Waals surface area contributed by atoms with E-state index >= 15 is 0 Å². The molecule has 0 bridgehead atoms. The molecule has 1 atom stereocenters. The lowest BCUT2D eigenvalue weighted by Gasteiger charge is -2.26. The Hall–Kier alpha value is -2.05. The van der Waals surface area contributed by atoms with Crippen LogP contribution in [-0.2, 0) is 22.2 Å². The zero-order valence-electron chi connectivity index (χ0n) is 12.9. The van der Waals surface area contributed by atoms with Gasteiger partial charge in [0.2, 0.25) is 10.0 Å². The van der Waals surface area contributed by atoms with Gasteiger partial charge in [0.25, 0.3) is 0 Å². The van der Waals surface area contributed by atoms with Gasteiger partial charge in [0.1, 0.15) is 18.1 Å². The molecule has 1 heterocycles. The quantitative estimate of drug-likeness (QED) is 0.910. The molecule has 1 aliphatic rings. The van der Waals surface area contributed by atoms with E-state index in [9.17, 15) is 8.42 Å². The molecule has 0 fully saturated rings. The minimum absolute atomic E-state index is 0.0324. The van der Waals surface area contributed by atoms with Crippen LogP contribution < -0.4 is 14.2 Å². The first-order chi connectivity index (χ1) is 11.1. The fraction of sp³-hybridized carbons (Fsp3) is 0.294. The number of benzene rings is 2. The van der Waals surface area contributed by atoms with Gasteiger partial charge in [-0.3, -0.25) is 0 Å². The number of nitrogens with one attached hydrogen (secondary N) is 1. The van der Waals surface area contributed by atoms with Crippen molar-refractivity contribution in [3.8, 4) is 11.5 Å². The maximum atomic E-state index is 12.3. The second-order valence-electron chi connectivity index (χ2n) is 5.55. The summed E-state index contributed by atoms with van der Waals surface area (Å²) in [6.45, 7) is 0.327. The third kappa shape index (κ3) is 4.03. The highest BCUT2D eigenvalue weighted by molar-refractivity contribution is 7.88. The first-order valence-corrected chi connectivity index (χ1v) is 9.04. The summed E-state index contributed by atoms with van der Waals surface area (Å²) in [5.74, 6) is 1.49. The molecule has 1 N–H and O–H groups in total. The van der Waals surface area contributed by atoms with Crippen molar-refractivity contribution in [2.45, 2.75) is 18.2 Å². The Balaban J connectivity index is 1.69. The van der Waals surface area contributed by atoms with Gasteiger partial charge in [0.15, 0.2) is 0 Å². The van der Waals surface area contributed by atoms with Crippen molar-refractivity contribution < 1.29 is 17.9 Å². The average Bonchev–Trinajstić information content (AvgIpc) is 2.54. The van der Waals surface area contributed by atoms with Gasteiger partial charge in [0.05, 0.1) is 18.9 Å². The van der Waals surface area contributed by atoms with E-state index in [0.29, 0.717) is 13.0 Å². The summed E-state index contributed by atoms with van der Waals surface area (Å²) in [5, 5.41) is 0. The topological polar surface area (TPSA) is 64.6 Å². The van der Waals surface area contributed by atoms with Crippen molar-refractivity contribution in [2.75, 3.05) is 13.7 Å². The molecule has 0 unspecified atom stereocenters. The molecule has 0 saturated carbocycles. The van der Waals surface area contributed by atoms with Crippen molar-refractivity contribution in [3.05, 3.63) is 59.7 Å². The van der Waals surface area contributed by atoms with Crippen LogP contribution in [0, 0.1) is 0 Å². The van der Waals surface area contributed by atoms with Crippen LogP contribution in [0.25, 0.3) is 0 Å². The minimum Gasteiger partial charge on any atom is -0.497 e. The van der Waals surface area contributed by atoms with Crippen LogP contribution in [0.2, 0.25) is 0 Å². The molecule has 5 nitrogen and oxygen atoms in total. The van der Waals surface area contributed by atoms with E-state index in [-0.39, 0.29) is 11.8 Å². The molecule has 1 aliphatic heterocycles. The SMILES string of the molecule is COc1ccc2c(c1)C[C@@H](NS(=O)(=O)Cc1ccccc1)CO2. The Kier molecular flexibility index (Phi) is 4.54. The molecule has 0 aromatic heterocycles. The average molecular weight is 333 g/mol. The Morgan fingerprint density at radius 1 is 1.22 bits per heavy atom. The largest absolute Gasteiger partial charge is 0.497 e. The maximum Gasteiger partial charge on any atom is 0.216 e. The van der Waals surface area contributed by atoms with Crippen molar-refractivity contribution in [1.29, 1.82) is 0 Å². The molecular formula is C17H19NO4S. The number of sulfonamides is 1. The standard InChI is InChI=1S/C17H19NO4S/c1-21-16-7-8-17-14(10-16)9-15(11-22-17)18-23(19,20)12-13-5-3-2-4-6-13/h2-8,10,15,18H,9,11-12H2,1H3/t15-/m1/s1. The van der Waals surface area contributed by atoms with Gasteiger partial charge in [-0.1, -0.05) is 30.3 Å². The van der Waals surface area contributed by atoms with Gasteiger partial charge in [-0.25, -0.2) is 13.1 Å². The molecule has 3 rings (SSSR count). The number of ether oxygens (including phenoxy) is 2. The van der Waals surface area contributed by atoms with Crippen molar-refractivity contribution in [2.24, 2.45) is 0 Å². The molecule has 0 amide bonds. The highest BCUT2D eigenvalue weighted by Gasteiger charge is 2.24. The predicted molar refractivity (Wildman–Crippen MR) is 88.2 cm³/mol. The monoisotopic (exact) mass is 333 g/mol. The number of rotatable bonds is 5. The van der Waals surface area contributed by atoms with Crippen LogP contribution >= 0.6 is 0 Å². The normalized spacial score (nSPS) is 17.2. The molecule has 23 heavy (non-hydrogen) atoms. The molecule has 0 spiro atoms. The van der Waals surface area contributed by atoms with Gasteiger partial charge in [-0.2, -0.15) is 0 Å². The molecule has 0 radical (unpaired) electrons. The second-order valence-corrected chi connectivity index (χ2v) is 7.30. The summed E-state index contributed by atoms with van der Waals surface area (Å²) < 4.78 is 38.2. The highest BCUT2D eigenvalue weighted by atomic mass is 32.2. The number of methoxy groups -OCH3 is 1. The summed E-state index contributed by atoms with van der Waals surface area (Å²) in [7, 11) is -1.81. The van der Waals surface area contributed by atoms with Gasteiger partial charge in [0, 0.05) is 0 Å². The third-order valence-electron chi connectivity index (χ3n) is 3.72. The van der Waals surface area contributed by atoms with Crippen molar-refractivity contribution in [1.82, 2.24) is 4.72 Å². The smallest absolute Gasteiger partial charge is 0.216 e. The molecule has 0 saturated heterocycles. The van der Waals surface area contributed by atoms with Crippen molar-refractivity contribution in [3.63, 3.8) is 0 Å². The highest BCUT2D eigenvalue weighted by Crippen LogP contribution is 2.28. The van der Waals surface area contributed by atoms with E-state index < -0.39 is 10.0 Å². The van der Waals surface area contributed by atoms with Gasteiger partial charge in [-0.05, 0) is 35.7 Å². The number of hydrogen-bond acceptors (Lipinski definition) is 4. The molecule has 2 aromatic carbocycles.